The lowest BCUT2D eigenvalue weighted by Crippen LogP contribution is -2.02. The van der Waals surface area contributed by atoms with Gasteiger partial charge in [0.25, 0.3) is 0 Å². The Morgan fingerprint density at radius 1 is 1.40 bits per heavy atom. The second-order valence-corrected chi connectivity index (χ2v) is 2.84. The van der Waals surface area contributed by atoms with Gasteiger partial charge in [-0.1, -0.05) is 6.07 Å². The smallest absolute Gasteiger partial charge is 0.387 e. The molecular weight excluding hydrogens is 205 g/mol. The van der Waals surface area contributed by atoms with E-state index in [4.69, 9.17) is 6.42 Å². The van der Waals surface area contributed by atoms with Gasteiger partial charge in [-0.25, -0.2) is 4.39 Å². The van der Waals surface area contributed by atoms with Crippen molar-refractivity contribution < 1.29 is 17.9 Å². The van der Waals surface area contributed by atoms with Gasteiger partial charge < -0.3 is 4.74 Å². The minimum Gasteiger partial charge on any atom is -0.435 e. The zero-order chi connectivity index (χ0) is 11.3. The predicted molar refractivity (Wildman–Crippen MR) is 50.2 cm³/mol. The molecule has 0 aromatic heterocycles. The van der Waals surface area contributed by atoms with E-state index in [0.29, 0.717) is 18.4 Å². The van der Waals surface area contributed by atoms with Gasteiger partial charge in [-0.3, -0.25) is 0 Å². The number of benzene rings is 1. The van der Waals surface area contributed by atoms with Crippen molar-refractivity contribution in [1.82, 2.24) is 0 Å². The summed E-state index contributed by atoms with van der Waals surface area (Å²) in [6.07, 6.45) is 5.82. The first kappa shape index (κ1) is 11.4. The third-order valence-electron chi connectivity index (χ3n) is 1.79. The minimum absolute atomic E-state index is 0.188. The summed E-state index contributed by atoms with van der Waals surface area (Å²) in [4.78, 5) is 0. The number of alkyl halides is 2. The molecule has 0 bridgehead atoms. The van der Waals surface area contributed by atoms with Crippen molar-refractivity contribution in [2.24, 2.45) is 0 Å². The minimum atomic E-state index is -2.94. The van der Waals surface area contributed by atoms with Crippen molar-refractivity contribution in [2.75, 3.05) is 0 Å². The van der Waals surface area contributed by atoms with Crippen LogP contribution in [0.5, 0.6) is 5.75 Å². The van der Waals surface area contributed by atoms with Gasteiger partial charge in [0.05, 0.1) is 0 Å². The van der Waals surface area contributed by atoms with Gasteiger partial charge in [-0.2, -0.15) is 8.78 Å². The summed E-state index contributed by atoms with van der Waals surface area (Å²) in [5.41, 5.74) is 0.398. The first-order valence-corrected chi connectivity index (χ1v) is 4.30. The summed E-state index contributed by atoms with van der Waals surface area (Å²) in [5.74, 6) is 1.60. The van der Waals surface area contributed by atoms with E-state index in [2.05, 4.69) is 10.7 Å². The first-order valence-electron chi connectivity index (χ1n) is 4.30. The lowest BCUT2D eigenvalue weighted by molar-refractivity contribution is -0.0500. The van der Waals surface area contributed by atoms with Crippen molar-refractivity contribution in [3.8, 4) is 18.1 Å². The zero-order valence-corrected chi connectivity index (χ0v) is 7.84. The number of hydrogen-bond acceptors (Lipinski definition) is 1. The molecular formula is C11H9F3O. The molecule has 1 aromatic rings. The fourth-order valence-corrected chi connectivity index (χ4v) is 1.11. The van der Waals surface area contributed by atoms with Gasteiger partial charge in [0, 0.05) is 12.5 Å². The summed E-state index contributed by atoms with van der Waals surface area (Å²) in [5, 5.41) is 0. The molecule has 1 aromatic carbocycles. The van der Waals surface area contributed by atoms with Crippen LogP contribution in [0.3, 0.4) is 0 Å². The molecule has 0 unspecified atom stereocenters. The van der Waals surface area contributed by atoms with Crippen LogP contribution in [0.2, 0.25) is 0 Å². The maximum absolute atomic E-state index is 13.2. The molecule has 80 valence electrons. The van der Waals surface area contributed by atoms with Crippen LogP contribution in [-0.4, -0.2) is 6.61 Å². The fraction of sp³-hybridized carbons (Fsp3) is 0.273. The largest absolute Gasteiger partial charge is 0.435 e. The Balaban J connectivity index is 2.75. The highest BCUT2D eigenvalue weighted by molar-refractivity contribution is 5.29. The molecule has 0 heterocycles. The summed E-state index contributed by atoms with van der Waals surface area (Å²) in [6, 6.07) is 3.61. The normalized spacial score (nSPS) is 10.1. The molecule has 0 aliphatic rings. The van der Waals surface area contributed by atoms with Gasteiger partial charge in [0.2, 0.25) is 0 Å². The number of terminal acetylenes is 1. The van der Waals surface area contributed by atoms with Crippen LogP contribution in [0.1, 0.15) is 12.0 Å². The van der Waals surface area contributed by atoms with E-state index in [1.807, 2.05) is 0 Å². The molecule has 1 nitrogen and oxygen atoms in total. The van der Waals surface area contributed by atoms with E-state index in [9.17, 15) is 13.2 Å². The van der Waals surface area contributed by atoms with Crippen LogP contribution in [0.4, 0.5) is 13.2 Å². The molecule has 4 heteroatoms. The van der Waals surface area contributed by atoms with Crippen LogP contribution in [-0.2, 0) is 6.42 Å². The lowest BCUT2D eigenvalue weighted by Gasteiger charge is -2.06. The van der Waals surface area contributed by atoms with E-state index in [1.54, 1.807) is 0 Å². The molecule has 0 aliphatic carbocycles. The highest BCUT2D eigenvalue weighted by atomic mass is 19.3. The number of ether oxygens (including phenoxy) is 1. The van der Waals surface area contributed by atoms with Crippen molar-refractivity contribution in [2.45, 2.75) is 19.5 Å². The molecule has 0 spiro atoms. The lowest BCUT2D eigenvalue weighted by atomic mass is 10.1. The third-order valence-corrected chi connectivity index (χ3v) is 1.79. The third kappa shape index (κ3) is 3.55. The monoisotopic (exact) mass is 214 g/mol. The molecule has 0 N–H and O–H groups in total. The highest BCUT2D eigenvalue weighted by Gasteiger charge is 2.07. The number of aryl methyl sites for hydroxylation is 1. The van der Waals surface area contributed by atoms with Crippen LogP contribution >= 0.6 is 0 Å². The molecule has 0 saturated carbocycles. The van der Waals surface area contributed by atoms with E-state index >= 15 is 0 Å². The predicted octanol–water partition coefficient (Wildman–Crippen LogP) is 2.99. The average molecular weight is 214 g/mol. The van der Waals surface area contributed by atoms with Gasteiger partial charge in [-0.05, 0) is 18.1 Å². The summed E-state index contributed by atoms with van der Waals surface area (Å²) in [6.45, 7) is -2.94. The standard InChI is InChI=1S/C11H9F3O/c1-2-3-4-8-5-6-9(7-10(8)12)15-11(13)14/h1,5-7,11H,3-4H2. The second-order valence-electron chi connectivity index (χ2n) is 2.84. The van der Waals surface area contributed by atoms with Crippen LogP contribution in [0.15, 0.2) is 18.2 Å². The molecule has 0 radical (unpaired) electrons. The Bertz CT molecular complexity index is 369. The quantitative estimate of drug-likeness (QED) is 0.700. The highest BCUT2D eigenvalue weighted by Crippen LogP contribution is 2.19. The van der Waals surface area contributed by atoms with E-state index < -0.39 is 12.4 Å². The summed E-state index contributed by atoms with van der Waals surface area (Å²) < 4.78 is 40.8. The maximum Gasteiger partial charge on any atom is 0.387 e. The maximum atomic E-state index is 13.2. The van der Waals surface area contributed by atoms with Gasteiger partial charge in [0.1, 0.15) is 11.6 Å². The van der Waals surface area contributed by atoms with Crippen molar-refractivity contribution in [3.05, 3.63) is 29.6 Å². The SMILES string of the molecule is C#CCCc1ccc(OC(F)F)cc1F. The van der Waals surface area contributed by atoms with Gasteiger partial charge in [0.15, 0.2) is 0 Å². The molecule has 1 rings (SSSR count). The van der Waals surface area contributed by atoms with Gasteiger partial charge in [-0.15, -0.1) is 12.3 Å². The Morgan fingerprint density at radius 2 is 2.13 bits per heavy atom. The average Bonchev–Trinajstić information content (AvgIpc) is 2.15. The first-order chi connectivity index (χ1) is 7.13. The molecule has 15 heavy (non-hydrogen) atoms. The number of hydrogen-bond donors (Lipinski definition) is 0. The Kier molecular flexibility index (Phi) is 4.04. The molecule has 0 amide bonds. The fourth-order valence-electron chi connectivity index (χ4n) is 1.11. The van der Waals surface area contributed by atoms with Crippen molar-refractivity contribution >= 4 is 0 Å². The van der Waals surface area contributed by atoms with E-state index in [0.717, 1.165) is 6.07 Å². The van der Waals surface area contributed by atoms with Crippen molar-refractivity contribution in [1.29, 1.82) is 0 Å². The molecule has 0 aliphatic heterocycles. The topological polar surface area (TPSA) is 9.23 Å². The molecule has 0 saturated heterocycles. The Labute approximate surface area is 85.9 Å². The molecule has 0 fully saturated rings. The van der Waals surface area contributed by atoms with Gasteiger partial charge >= 0.3 is 6.61 Å². The van der Waals surface area contributed by atoms with Crippen LogP contribution in [0, 0.1) is 18.2 Å². The summed E-state index contributed by atoms with van der Waals surface area (Å²) in [7, 11) is 0. The van der Waals surface area contributed by atoms with E-state index in [1.165, 1.54) is 12.1 Å². The zero-order valence-electron chi connectivity index (χ0n) is 7.84. The Morgan fingerprint density at radius 3 is 2.67 bits per heavy atom. The Hall–Kier alpha value is -1.63. The molecule has 0 atom stereocenters. The van der Waals surface area contributed by atoms with Crippen LogP contribution in [0.25, 0.3) is 0 Å². The number of halogens is 3. The number of rotatable bonds is 4. The van der Waals surface area contributed by atoms with E-state index in [-0.39, 0.29) is 5.75 Å². The van der Waals surface area contributed by atoms with Crippen molar-refractivity contribution in [3.63, 3.8) is 0 Å². The summed E-state index contributed by atoms with van der Waals surface area (Å²) >= 11 is 0. The second kappa shape index (κ2) is 5.30. The van der Waals surface area contributed by atoms with Crippen LogP contribution < -0.4 is 4.74 Å².